The zero-order chi connectivity index (χ0) is 27.4. The van der Waals surface area contributed by atoms with Gasteiger partial charge in [-0.05, 0) is 44.5 Å². The van der Waals surface area contributed by atoms with E-state index in [4.69, 9.17) is 11.5 Å². The molecule has 0 atom stereocenters. The van der Waals surface area contributed by atoms with Crippen molar-refractivity contribution >= 4 is 11.4 Å². The van der Waals surface area contributed by atoms with Gasteiger partial charge in [-0.15, -0.1) is 0 Å². The Hall–Kier alpha value is -5.48. The average molecular weight is 519 g/mol. The van der Waals surface area contributed by atoms with Crippen molar-refractivity contribution in [3.8, 4) is 78.3 Å². The third-order valence-corrected chi connectivity index (χ3v) is 7.78. The monoisotopic (exact) mass is 518 g/mol. The molecule has 0 saturated carbocycles. The van der Waals surface area contributed by atoms with Crippen molar-refractivity contribution in [3.05, 3.63) is 121 Å². The molecule has 0 saturated heterocycles. The van der Waals surface area contributed by atoms with Gasteiger partial charge in [-0.25, -0.2) is 0 Å². The SMILES string of the molecule is Nc1c(N)c2c(c(O)c1O)-c1c(-c3ccccc3)c(-c3ccccc3)c(-c3ccccc3)c(-c3ccccc3)c1-2. The Morgan fingerprint density at radius 1 is 0.300 bits per heavy atom. The zero-order valence-electron chi connectivity index (χ0n) is 21.6. The quantitative estimate of drug-likeness (QED) is 0.107. The lowest BCUT2D eigenvalue weighted by atomic mass is 9.67. The van der Waals surface area contributed by atoms with Gasteiger partial charge in [0.2, 0.25) is 0 Å². The number of nitrogens with two attached hydrogens (primary N) is 2. The summed E-state index contributed by atoms with van der Waals surface area (Å²) in [5.74, 6) is -0.646. The largest absolute Gasteiger partial charge is 0.504 e. The van der Waals surface area contributed by atoms with Crippen molar-refractivity contribution < 1.29 is 10.2 Å². The highest BCUT2D eigenvalue weighted by molar-refractivity contribution is 6.26. The first-order valence-corrected chi connectivity index (χ1v) is 13.2. The Morgan fingerprint density at radius 3 is 0.950 bits per heavy atom. The summed E-state index contributed by atoms with van der Waals surface area (Å²) in [5.41, 5.74) is 24.2. The van der Waals surface area contributed by atoms with Crippen LogP contribution in [0.2, 0.25) is 0 Å². The van der Waals surface area contributed by atoms with Crippen LogP contribution in [0.15, 0.2) is 121 Å². The molecule has 6 aromatic carbocycles. The number of hydrogen-bond acceptors (Lipinski definition) is 4. The molecule has 40 heavy (non-hydrogen) atoms. The molecule has 7 rings (SSSR count). The molecule has 4 heteroatoms. The van der Waals surface area contributed by atoms with Crippen LogP contribution in [0.1, 0.15) is 0 Å². The first-order valence-electron chi connectivity index (χ1n) is 13.2. The number of rotatable bonds is 4. The Morgan fingerprint density at radius 2 is 0.600 bits per heavy atom. The predicted molar refractivity (Wildman–Crippen MR) is 165 cm³/mol. The molecule has 6 aromatic rings. The van der Waals surface area contributed by atoms with Crippen LogP contribution in [0.3, 0.4) is 0 Å². The van der Waals surface area contributed by atoms with Gasteiger partial charge in [0.1, 0.15) is 5.69 Å². The van der Waals surface area contributed by atoms with Crippen LogP contribution < -0.4 is 11.5 Å². The Bertz CT molecular complexity index is 1760. The lowest BCUT2D eigenvalue weighted by molar-refractivity contribution is 0.407. The van der Waals surface area contributed by atoms with E-state index in [2.05, 4.69) is 48.5 Å². The smallest absolute Gasteiger partial charge is 0.183 e. The van der Waals surface area contributed by atoms with E-state index in [0.29, 0.717) is 11.1 Å². The number of benzene rings is 6. The Balaban J connectivity index is 1.78. The number of aromatic hydroxyl groups is 2. The van der Waals surface area contributed by atoms with E-state index in [1.54, 1.807) is 0 Å². The van der Waals surface area contributed by atoms with Crippen LogP contribution in [0, 0.1) is 0 Å². The topological polar surface area (TPSA) is 92.5 Å². The van der Waals surface area contributed by atoms with E-state index in [-0.39, 0.29) is 17.1 Å². The molecule has 0 unspecified atom stereocenters. The number of anilines is 2. The minimum atomic E-state index is -0.393. The van der Waals surface area contributed by atoms with Crippen LogP contribution in [-0.2, 0) is 0 Å². The van der Waals surface area contributed by atoms with Gasteiger partial charge in [-0.2, -0.15) is 0 Å². The van der Waals surface area contributed by atoms with Crippen LogP contribution >= 0.6 is 0 Å². The van der Waals surface area contributed by atoms with Crippen LogP contribution in [0.25, 0.3) is 66.8 Å². The number of phenols is 2. The summed E-state index contributed by atoms with van der Waals surface area (Å²) in [4.78, 5) is 0. The summed E-state index contributed by atoms with van der Waals surface area (Å²) in [5, 5.41) is 22.0. The van der Waals surface area contributed by atoms with E-state index >= 15 is 0 Å². The highest BCUT2D eigenvalue weighted by Gasteiger charge is 2.40. The van der Waals surface area contributed by atoms with Crippen molar-refractivity contribution in [2.24, 2.45) is 0 Å². The molecule has 1 aliphatic carbocycles. The van der Waals surface area contributed by atoms with Crippen molar-refractivity contribution in [2.75, 3.05) is 11.5 Å². The zero-order valence-corrected chi connectivity index (χ0v) is 21.6. The van der Waals surface area contributed by atoms with Gasteiger partial charge in [-0.3, -0.25) is 0 Å². The molecule has 0 radical (unpaired) electrons. The lowest BCUT2D eigenvalue weighted by Crippen LogP contribution is -2.12. The molecule has 0 aromatic heterocycles. The fourth-order valence-electron chi connectivity index (χ4n) is 6.03. The maximum Gasteiger partial charge on any atom is 0.183 e. The standard InChI is InChI=1S/C36H26N2O2/c37-33-31-29-27(23-17-9-3-10-18-23)25(21-13-5-1-6-14-21)26(22-15-7-2-8-16-22)28(24-19-11-4-12-20-24)30(29)32(31)35(39)36(40)34(33)38/h1-20,39-40H,37-38H2. The lowest BCUT2D eigenvalue weighted by Gasteiger charge is -2.36. The van der Waals surface area contributed by atoms with E-state index in [0.717, 1.165) is 55.6 Å². The minimum Gasteiger partial charge on any atom is -0.504 e. The van der Waals surface area contributed by atoms with Gasteiger partial charge < -0.3 is 21.7 Å². The molecule has 0 bridgehead atoms. The Labute approximate surface area is 232 Å². The van der Waals surface area contributed by atoms with E-state index in [9.17, 15) is 10.2 Å². The first-order chi connectivity index (χ1) is 19.6. The predicted octanol–water partition coefficient (Wildman–Crippen LogP) is 8.58. The molecule has 0 amide bonds. The van der Waals surface area contributed by atoms with Gasteiger partial charge in [0.25, 0.3) is 0 Å². The van der Waals surface area contributed by atoms with E-state index in [1.165, 1.54) is 0 Å². The molecule has 0 spiro atoms. The average Bonchev–Trinajstić information content (AvgIpc) is 3.01. The van der Waals surface area contributed by atoms with E-state index < -0.39 is 5.75 Å². The summed E-state index contributed by atoms with van der Waals surface area (Å²) < 4.78 is 0. The summed E-state index contributed by atoms with van der Waals surface area (Å²) in [6.07, 6.45) is 0. The highest BCUT2D eigenvalue weighted by atomic mass is 16.3. The summed E-state index contributed by atoms with van der Waals surface area (Å²) >= 11 is 0. The summed E-state index contributed by atoms with van der Waals surface area (Å²) in [6.45, 7) is 0. The number of nitrogen functional groups attached to an aromatic ring is 2. The van der Waals surface area contributed by atoms with Gasteiger partial charge in [0.05, 0.1) is 5.69 Å². The van der Waals surface area contributed by atoms with E-state index in [1.807, 2.05) is 72.8 Å². The molecule has 4 nitrogen and oxygen atoms in total. The summed E-state index contributed by atoms with van der Waals surface area (Å²) in [6, 6.07) is 41.1. The number of hydrogen-bond donors (Lipinski definition) is 4. The van der Waals surface area contributed by atoms with Gasteiger partial charge in [0, 0.05) is 22.3 Å². The molecule has 0 heterocycles. The number of fused-ring (bicyclic) bond motifs is 4. The molecule has 6 N–H and O–H groups in total. The molecular weight excluding hydrogens is 492 g/mol. The van der Waals surface area contributed by atoms with Crippen LogP contribution in [0.5, 0.6) is 11.5 Å². The second-order valence-electron chi connectivity index (χ2n) is 9.99. The molecule has 192 valence electrons. The summed E-state index contributed by atoms with van der Waals surface area (Å²) in [7, 11) is 0. The second-order valence-corrected chi connectivity index (χ2v) is 9.99. The number of phenolic OH excluding ortho intramolecular Hbond substituents is 2. The van der Waals surface area contributed by atoms with Crippen molar-refractivity contribution in [1.29, 1.82) is 0 Å². The highest BCUT2D eigenvalue weighted by Crippen LogP contribution is 2.67. The van der Waals surface area contributed by atoms with Gasteiger partial charge >= 0.3 is 0 Å². The van der Waals surface area contributed by atoms with Gasteiger partial charge in [-0.1, -0.05) is 121 Å². The molecule has 0 fully saturated rings. The van der Waals surface area contributed by atoms with Crippen molar-refractivity contribution in [1.82, 2.24) is 0 Å². The Kier molecular flexibility index (Phi) is 5.36. The maximum absolute atomic E-state index is 11.3. The van der Waals surface area contributed by atoms with Crippen molar-refractivity contribution in [3.63, 3.8) is 0 Å². The molecular formula is C36H26N2O2. The second kappa shape index (κ2) is 9.07. The molecule has 0 aliphatic heterocycles. The maximum atomic E-state index is 11.3. The van der Waals surface area contributed by atoms with Gasteiger partial charge in [0.15, 0.2) is 11.5 Å². The van der Waals surface area contributed by atoms with Crippen molar-refractivity contribution in [2.45, 2.75) is 0 Å². The molecule has 1 aliphatic rings. The third kappa shape index (κ3) is 3.33. The third-order valence-electron chi connectivity index (χ3n) is 7.78. The van der Waals surface area contributed by atoms with Crippen LogP contribution in [0.4, 0.5) is 11.4 Å². The normalized spacial score (nSPS) is 11.4. The fourth-order valence-corrected chi connectivity index (χ4v) is 6.03. The van der Waals surface area contributed by atoms with Crippen LogP contribution in [-0.4, -0.2) is 10.2 Å². The first kappa shape index (κ1) is 23.6. The minimum absolute atomic E-state index is 0.0180. The fraction of sp³-hybridized carbons (Fsp3) is 0.